The SMILES string of the molecule is Cc1cccc(OC(=O)CNc2ccc3c(c2)C2(C)CCN(C)C2N3C)c1. The molecule has 1 N–H and O–H groups in total. The second-order valence-electron chi connectivity index (χ2n) is 8.01. The van der Waals surface area contributed by atoms with E-state index in [9.17, 15) is 4.79 Å². The summed E-state index contributed by atoms with van der Waals surface area (Å²) in [6.45, 7) is 5.57. The molecule has 142 valence electrons. The maximum Gasteiger partial charge on any atom is 0.330 e. The lowest BCUT2D eigenvalue weighted by Crippen LogP contribution is -2.45. The van der Waals surface area contributed by atoms with E-state index >= 15 is 0 Å². The summed E-state index contributed by atoms with van der Waals surface area (Å²) < 4.78 is 5.41. The van der Waals surface area contributed by atoms with E-state index in [0.29, 0.717) is 11.9 Å². The number of ether oxygens (including phenoxy) is 1. The van der Waals surface area contributed by atoms with Gasteiger partial charge in [0.05, 0.1) is 6.17 Å². The molecule has 2 aliphatic rings. The standard InChI is InChI=1S/C22H27N3O2/c1-15-6-5-7-17(12-15)27-20(26)14-23-16-8-9-19-18(13-16)22(2)10-11-24(3)21(22)25(19)4/h5-9,12-13,21,23H,10-11,14H2,1-4H3. The molecule has 2 heterocycles. The molecule has 5 nitrogen and oxygen atoms in total. The molecule has 0 bridgehead atoms. The summed E-state index contributed by atoms with van der Waals surface area (Å²) >= 11 is 0. The average molecular weight is 365 g/mol. The fraction of sp³-hybridized carbons (Fsp3) is 0.409. The average Bonchev–Trinajstić information content (AvgIpc) is 3.05. The topological polar surface area (TPSA) is 44.8 Å². The number of anilines is 2. The van der Waals surface area contributed by atoms with Crippen LogP contribution >= 0.6 is 0 Å². The van der Waals surface area contributed by atoms with Crippen molar-refractivity contribution < 1.29 is 9.53 Å². The van der Waals surface area contributed by atoms with Gasteiger partial charge in [-0.15, -0.1) is 0 Å². The van der Waals surface area contributed by atoms with Gasteiger partial charge in [-0.05, 0) is 61.9 Å². The Bertz CT molecular complexity index is 882. The number of likely N-dealkylation sites (tertiary alicyclic amines) is 1. The second kappa shape index (κ2) is 6.57. The quantitative estimate of drug-likeness (QED) is 0.665. The molecule has 2 atom stereocenters. The van der Waals surface area contributed by atoms with Gasteiger partial charge in [-0.2, -0.15) is 0 Å². The van der Waals surface area contributed by atoms with Crippen molar-refractivity contribution >= 4 is 17.3 Å². The molecule has 2 unspecified atom stereocenters. The number of carbonyl (C=O) groups excluding carboxylic acids is 1. The molecule has 0 aromatic heterocycles. The number of rotatable bonds is 4. The third kappa shape index (κ3) is 3.06. The highest BCUT2D eigenvalue weighted by atomic mass is 16.5. The lowest BCUT2D eigenvalue weighted by atomic mass is 9.81. The van der Waals surface area contributed by atoms with E-state index in [4.69, 9.17) is 4.74 Å². The Kier molecular flexibility index (Phi) is 4.35. The molecular weight excluding hydrogens is 338 g/mol. The van der Waals surface area contributed by atoms with E-state index in [-0.39, 0.29) is 17.9 Å². The first-order valence-electron chi connectivity index (χ1n) is 9.47. The van der Waals surface area contributed by atoms with Crippen LogP contribution in [0.25, 0.3) is 0 Å². The molecule has 2 aliphatic heterocycles. The van der Waals surface area contributed by atoms with Crippen molar-refractivity contribution in [2.75, 3.05) is 37.4 Å². The fourth-order valence-electron chi connectivity index (χ4n) is 4.71. The van der Waals surface area contributed by atoms with Crippen molar-refractivity contribution in [1.82, 2.24) is 4.90 Å². The molecule has 27 heavy (non-hydrogen) atoms. The van der Waals surface area contributed by atoms with Gasteiger partial charge in [-0.3, -0.25) is 4.90 Å². The van der Waals surface area contributed by atoms with Crippen LogP contribution < -0.4 is 15.0 Å². The predicted octanol–water partition coefficient (Wildman–Crippen LogP) is 3.38. The Balaban J connectivity index is 1.46. The number of esters is 1. The van der Waals surface area contributed by atoms with Gasteiger partial charge in [0.2, 0.25) is 0 Å². The highest BCUT2D eigenvalue weighted by molar-refractivity contribution is 5.78. The van der Waals surface area contributed by atoms with Crippen LogP contribution in [0.1, 0.15) is 24.5 Å². The van der Waals surface area contributed by atoms with Crippen molar-refractivity contribution in [3.05, 3.63) is 53.6 Å². The molecule has 0 radical (unpaired) electrons. The molecule has 0 spiro atoms. The summed E-state index contributed by atoms with van der Waals surface area (Å²) in [4.78, 5) is 17.0. The van der Waals surface area contributed by atoms with Crippen molar-refractivity contribution in [2.24, 2.45) is 0 Å². The van der Waals surface area contributed by atoms with Crippen LogP contribution in [-0.2, 0) is 10.2 Å². The van der Waals surface area contributed by atoms with E-state index in [0.717, 1.165) is 24.2 Å². The number of nitrogens with zero attached hydrogens (tertiary/aromatic N) is 2. The summed E-state index contributed by atoms with van der Waals surface area (Å²) in [7, 11) is 4.36. The number of likely N-dealkylation sites (N-methyl/N-ethyl adjacent to an activating group) is 2. The number of benzene rings is 2. The van der Waals surface area contributed by atoms with Gasteiger partial charge in [0, 0.05) is 30.4 Å². The molecule has 5 heteroatoms. The summed E-state index contributed by atoms with van der Waals surface area (Å²) in [6, 6.07) is 13.9. The normalized spacial score (nSPS) is 23.9. The maximum absolute atomic E-state index is 12.2. The summed E-state index contributed by atoms with van der Waals surface area (Å²) in [5.74, 6) is 0.296. The maximum atomic E-state index is 12.2. The van der Waals surface area contributed by atoms with Gasteiger partial charge < -0.3 is 15.0 Å². The molecule has 4 rings (SSSR count). The monoisotopic (exact) mass is 365 g/mol. The van der Waals surface area contributed by atoms with Crippen molar-refractivity contribution in [3.8, 4) is 5.75 Å². The summed E-state index contributed by atoms with van der Waals surface area (Å²) in [6.07, 6.45) is 1.54. The first-order chi connectivity index (χ1) is 12.9. The number of aryl methyl sites for hydroxylation is 1. The molecule has 2 aromatic rings. The minimum atomic E-state index is -0.289. The van der Waals surface area contributed by atoms with Crippen molar-refractivity contribution in [3.63, 3.8) is 0 Å². The smallest absolute Gasteiger partial charge is 0.330 e. The Labute approximate surface area is 160 Å². The van der Waals surface area contributed by atoms with Crippen LogP contribution in [0.2, 0.25) is 0 Å². The molecular formula is C22H27N3O2. The largest absolute Gasteiger partial charge is 0.425 e. The van der Waals surface area contributed by atoms with E-state index < -0.39 is 0 Å². The lowest BCUT2D eigenvalue weighted by molar-refractivity contribution is -0.132. The molecule has 0 aliphatic carbocycles. The van der Waals surface area contributed by atoms with E-state index in [1.54, 1.807) is 6.07 Å². The Morgan fingerprint density at radius 2 is 2.07 bits per heavy atom. The van der Waals surface area contributed by atoms with Gasteiger partial charge >= 0.3 is 5.97 Å². The van der Waals surface area contributed by atoms with Gasteiger partial charge in [0.1, 0.15) is 12.3 Å². The number of fused-ring (bicyclic) bond motifs is 3. The number of carbonyl (C=O) groups is 1. The predicted molar refractivity (Wildman–Crippen MR) is 109 cm³/mol. The highest BCUT2D eigenvalue weighted by Gasteiger charge is 2.52. The van der Waals surface area contributed by atoms with E-state index in [1.807, 2.05) is 31.2 Å². The van der Waals surface area contributed by atoms with Crippen LogP contribution in [0.5, 0.6) is 5.75 Å². The van der Waals surface area contributed by atoms with Crippen molar-refractivity contribution in [1.29, 1.82) is 0 Å². The van der Waals surface area contributed by atoms with Gasteiger partial charge in [0.15, 0.2) is 0 Å². The van der Waals surface area contributed by atoms with Crippen LogP contribution in [0.4, 0.5) is 11.4 Å². The zero-order valence-electron chi connectivity index (χ0n) is 16.5. The first kappa shape index (κ1) is 17.9. The van der Waals surface area contributed by atoms with E-state index in [1.165, 1.54) is 11.3 Å². The number of nitrogens with one attached hydrogen (secondary N) is 1. The summed E-state index contributed by atoms with van der Waals surface area (Å²) in [5.41, 5.74) is 4.79. The zero-order chi connectivity index (χ0) is 19.2. The van der Waals surface area contributed by atoms with Crippen molar-refractivity contribution in [2.45, 2.75) is 31.8 Å². The Morgan fingerprint density at radius 3 is 2.85 bits per heavy atom. The Morgan fingerprint density at radius 1 is 1.26 bits per heavy atom. The van der Waals surface area contributed by atoms with Crippen LogP contribution in [0.3, 0.4) is 0 Å². The zero-order valence-corrected chi connectivity index (χ0v) is 16.5. The lowest BCUT2D eigenvalue weighted by Gasteiger charge is -2.32. The molecule has 2 aromatic carbocycles. The first-order valence-corrected chi connectivity index (χ1v) is 9.47. The highest BCUT2D eigenvalue weighted by Crippen LogP contribution is 2.51. The van der Waals surface area contributed by atoms with Gasteiger partial charge in [-0.25, -0.2) is 4.79 Å². The third-order valence-electron chi connectivity index (χ3n) is 5.99. The Hall–Kier alpha value is -2.53. The fourth-order valence-corrected chi connectivity index (χ4v) is 4.71. The minimum Gasteiger partial charge on any atom is -0.425 e. The van der Waals surface area contributed by atoms with Gasteiger partial charge in [0.25, 0.3) is 0 Å². The third-order valence-corrected chi connectivity index (χ3v) is 5.99. The van der Waals surface area contributed by atoms with Gasteiger partial charge in [-0.1, -0.05) is 19.1 Å². The molecule has 0 saturated carbocycles. The minimum absolute atomic E-state index is 0.124. The molecule has 1 saturated heterocycles. The van der Waals surface area contributed by atoms with Crippen LogP contribution in [0.15, 0.2) is 42.5 Å². The number of hydrogen-bond acceptors (Lipinski definition) is 5. The second-order valence-corrected chi connectivity index (χ2v) is 8.01. The van der Waals surface area contributed by atoms with Crippen LogP contribution in [-0.4, -0.2) is 44.2 Å². The number of hydrogen-bond donors (Lipinski definition) is 1. The molecule has 0 amide bonds. The summed E-state index contributed by atoms with van der Waals surface area (Å²) in [5, 5.41) is 3.23. The van der Waals surface area contributed by atoms with E-state index in [2.05, 4.69) is 48.3 Å². The molecule has 1 fully saturated rings. The van der Waals surface area contributed by atoms with Crippen LogP contribution in [0, 0.1) is 6.92 Å².